The summed E-state index contributed by atoms with van der Waals surface area (Å²) in [7, 11) is 3.48. The van der Waals surface area contributed by atoms with Gasteiger partial charge in [0.1, 0.15) is 0 Å². The molecule has 0 bridgehead atoms. The Hall–Kier alpha value is -1.45. The van der Waals surface area contributed by atoms with Crippen molar-refractivity contribution in [1.82, 2.24) is 0 Å². The number of fused-ring (bicyclic) bond motifs is 1. The lowest BCUT2D eigenvalue weighted by Crippen LogP contribution is -2.17. The molecule has 0 aliphatic carbocycles. The van der Waals surface area contributed by atoms with Crippen LogP contribution in [-0.4, -0.2) is 27.2 Å². The van der Waals surface area contributed by atoms with E-state index in [1.54, 1.807) is 6.07 Å². The maximum absolute atomic E-state index is 13.5. The summed E-state index contributed by atoms with van der Waals surface area (Å²) in [5, 5.41) is 3.21. The highest BCUT2D eigenvalue weighted by molar-refractivity contribution is 5.72. The number of hydrogen-bond acceptors (Lipinski definition) is 3. The minimum atomic E-state index is -0.320. The smallest absolute Gasteiger partial charge is 0.167 e. The summed E-state index contributed by atoms with van der Waals surface area (Å²) in [5.74, 6) is -0.0247. The largest absolute Gasteiger partial charge is 0.494 e. The fraction of sp³-hybridized carbons (Fsp3) is 0.455. The van der Waals surface area contributed by atoms with E-state index >= 15 is 0 Å². The van der Waals surface area contributed by atoms with E-state index in [0.717, 1.165) is 30.9 Å². The van der Waals surface area contributed by atoms with Crippen LogP contribution in [0.4, 0.5) is 15.8 Å². The third kappa shape index (κ3) is 1.84. The minimum Gasteiger partial charge on any atom is -0.494 e. The molecule has 82 valence electrons. The van der Waals surface area contributed by atoms with Crippen molar-refractivity contribution in [2.24, 2.45) is 0 Å². The van der Waals surface area contributed by atoms with Crippen LogP contribution >= 0.6 is 0 Å². The standard InChI is InChI=1S/C11H15FN2O/c1-14-5-3-4-13-9-6-8(12)11(15-2)7-10(9)14/h6-7,13H,3-5H2,1-2H3. The van der Waals surface area contributed by atoms with E-state index in [2.05, 4.69) is 10.2 Å². The van der Waals surface area contributed by atoms with Crippen molar-refractivity contribution >= 4 is 11.4 Å². The lowest BCUT2D eigenvalue weighted by Gasteiger charge is -2.19. The molecule has 0 spiro atoms. The molecule has 1 N–H and O–H groups in total. The summed E-state index contributed by atoms with van der Waals surface area (Å²) in [6.07, 6.45) is 1.05. The number of ether oxygens (including phenoxy) is 1. The highest BCUT2D eigenvalue weighted by atomic mass is 19.1. The van der Waals surface area contributed by atoms with E-state index in [0.29, 0.717) is 5.75 Å². The van der Waals surface area contributed by atoms with Crippen molar-refractivity contribution in [3.05, 3.63) is 17.9 Å². The Labute approximate surface area is 88.8 Å². The number of halogens is 1. The predicted octanol–water partition coefficient (Wildman–Crippen LogP) is 2.09. The predicted molar refractivity (Wildman–Crippen MR) is 59.3 cm³/mol. The van der Waals surface area contributed by atoms with E-state index in [1.165, 1.54) is 13.2 Å². The Morgan fingerprint density at radius 2 is 2.27 bits per heavy atom. The maximum atomic E-state index is 13.5. The van der Waals surface area contributed by atoms with Crippen LogP contribution in [0.1, 0.15) is 6.42 Å². The SMILES string of the molecule is COc1cc2c(cc1F)NCCCN2C. The first-order chi connectivity index (χ1) is 7.22. The normalized spacial score (nSPS) is 15.3. The van der Waals surface area contributed by atoms with E-state index in [1.807, 2.05) is 7.05 Å². The number of benzene rings is 1. The topological polar surface area (TPSA) is 24.5 Å². The van der Waals surface area contributed by atoms with Crippen LogP contribution in [0.5, 0.6) is 5.75 Å². The van der Waals surface area contributed by atoms with E-state index < -0.39 is 0 Å². The molecule has 1 aromatic carbocycles. The Bertz CT molecular complexity index is 368. The number of anilines is 2. The molecular formula is C11H15FN2O. The molecule has 1 heterocycles. The molecule has 3 nitrogen and oxygen atoms in total. The monoisotopic (exact) mass is 210 g/mol. The van der Waals surface area contributed by atoms with Crippen LogP contribution in [0.3, 0.4) is 0 Å². The Morgan fingerprint density at radius 3 is 3.00 bits per heavy atom. The van der Waals surface area contributed by atoms with E-state index in [9.17, 15) is 4.39 Å². The molecular weight excluding hydrogens is 195 g/mol. The summed E-state index contributed by atoms with van der Waals surface area (Å²) in [6.45, 7) is 1.85. The van der Waals surface area contributed by atoms with E-state index in [-0.39, 0.29) is 5.82 Å². The molecule has 2 rings (SSSR count). The molecule has 0 fully saturated rings. The van der Waals surface area contributed by atoms with Crippen LogP contribution < -0.4 is 15.0 Å². The van der Waals surface area contributed by atoms with Gasteiger partial charge in [0.05, 0.1) is 18.5 Å². The summed E-state index contributed by atoms with van der Waals surface area (Å²) in [4.78, 5) is 2.11. The Kier molecular flexibility index (Phi) is 2.66. The number of rotatable bonds is 1. The van der Waals surface area contributed by atoms with Gasteiger partial charge in [0, 0.05) is 32.3 Å². The van der Waals surface area contributed by atoms with Crippen molar-refractivity contribution in [3.63, 3.8) is 0 Å². The van der Waals surface area contributed by atoms with Crippen LogP contribution in [0.2, 0.25) is 0 Å². The van der Waals surface area contributed by atoms with Gasteiger partial charge in [0.15, 0.2) is 11.6 Å². The number of methoxy groups -OCH3 is 1. The number of nitrogens with zero attached hydrogens (tertiary/aromatic N) is 1. The van der Waals surface area contributed by atoms with Crippen molar-refractivity contribution in [2.45, 2.75) is 6.42 Å². The molecule has 15 heavy (non-hydrogen) atoms. The van der Waals surface area contributed by atoms with Gasteiger partial charge in [-0.05, 0) is 6.42 Å². The molecule has 0 aromatic heterocycles. The first-order valence-corrected chi connectivity index (χ1v) is 5.05. The van der Waals surface area contributed by atoms with E-state index in [4.69, 9.17) is 4.74 Å². The van der Waals surface area contributed by atoms with Gasteiger partial charge < -0.3 is 15.0 Å². The van der Waals surface area contributed by atoms with Gasteiger partial charge in [0.2, 0.25) is 0 Å². The molecule has 1 aliphatic heterocycles. The Balaban J connectivity index is 2.47. The fourth-order valence-electron chi connectivity index (χ4n) is 1.82. The molecule has 0 saturated carbocycles. The zero-order valence-corrected chi connectivity index (χ0v) is 9.01. The van der Waals surface area contributed by atoms with Crippen LogP contribution in [-0.2, 0) is 0 Å². The number of hydrogen-bond donors (Lipinski definition) is 1. The summed E-state index contributed by atoms with van der Waals surface area (Å²) >= 11 is 0. The lowest BCUT2D eigenvalue weighted by atomic mass is 10.2. The van der Waals surface area contributed by atoms with Gasteiger partial charge in [-0.2, -0.15) is 0 Å². The molecule has 0 saturated heterocycles. The highest BCUT2D eigenvalue weighted by Crippen LogP contribution is 2.33. The average molecular weight is 210 g/mol. The summed E-state index contributed by atoms with van der Waals surface area (Å²) in [6, 6.07) is 3.24. The molecule has 0 unspecified atom stereocenters. The zero-order chi connectivity index (χ0) is 10.8. The second kappa shape index (κ2) is 3.96. The zero-order valence-electron chi connectivity index (χ0n) is 9.01. The van der Waals surface area contributed by atoms with Crippen molar-refractivity contribution in [1.29, 1.82) is 0 Å². The van der Waals surface area contributed by atoms with Crippen molar-refractivity contribution < 1.29 is 9.13 Å². The third-order valence-electron chi connectivity index (χ3n) is 2.67. The first-order valence-electron chi connectivity index (χ1n) is 5.05. The van der Waals surface area contributed by atoms with Gasteiger partial charge in [0.25, 0.3) is 0 Å². The van der Waals surface area contributed by atoms with Crippen LogP contribution in [0.25, 0.3) is 0 Å². The molecule has 1 aromatic rings. The van der Waals surface area contributed by atoms with Gasteiger partial charge in [-0.1, -0.05) is 0 Å². The first kappa shape index (κ1) is 10.1. The average Bonchev–Trinajstić information content (AvgIpc) is 2.40. The van der Waals surface area contributed by atoms with Gasteiger partial charge in [-0.3, -0.25) is 0 Å². The number of nitrogens with one attached hydrogen (secondary N) is 1. The second-order valence-electron chi connectivity index (χ2n) is 3.71. The third-order valence-corrected chi connectivity index (χ3v) is 2.67. The van der Waals surface area contributed by atoms with Gasteiger partial charge >= 0.3 is 0 Å². The van der Waals surface area contributed by atoms with Crippen molar-refractivity contribution in [3.8, 4) is 5.75 Å². The maximum Gasteiger partial charge on any atom is 0.167 e. The molecule has 0 atom stereocenters. The second-order valence-corrected chi connectivity index (χ2v) is 3.71. The van der Waals surface area contributed by atoms with Crippen molar-refractivity contribution in [2.75, 3.05) is 37.5 Å². The summed E-state index contributed by atoms with van der Waals surface area (Å²) < 4.78 is 18.4. The minimum absolute atomic E-state index is 0.296. The summed E-state index contributed by atoms with van der Waals surface area (Å²) in [5.41, 5.74) is 1.83. The van der Waals surface area contributed by atoms with Gasteiger partial charge in [-0.25, -0.2) is 4.39 Å². The van der Waals surface area contributed by atoms with Crippen LogP contribution in [0, 0.1) is 5.82 Å². The Morgan fingerprint density at radius 1 is 1.47 bits per heavy atom. The quantitative estimate of drug-likeness (QED) is 0.768. The fourth-order valence-corrected chi connectivity index (χ4v) is 1.82. The highest BCUT2D eigenvalue weighted by Gasteiger charge is 2.15. The molecule has 1 aliphatic rings. The molecule has 0 amide bonds. The lowest BCUT2D eigenvalue weighted by molar-refractivity contribution is 0.387. The van der Waals surface area contributed by atoms with Gasteiger partial charge in [-0.15, -0.1) is 0 Å². The van der Waals surface area contributed by atoms with Crippen LogP contribution in [0.15, 0.2) is 12.1 Å². The molecule has 0 radical (unpaired) electrons. The molecule has 4 heteroatoms.